The first-order valence-electron chi connectivity index (χ1n) is 9.18. The molecular formula is C24H16O8. The average molecular weight is 432 g/mol. The van der Waals surface area contributed by atoms with E-state index in [4.69, 9.17) is 20.4 Å². The Morgan fingerprint density at radius 2 is 0.906 bits per heavy atom. The standard InChI is InChI=1S/2C12H8O4/c13-11(14)8-5-7-3-1-2-4-9(7)10(6-8)12(15)16;13-11(14)9-5-6-10(12(15)16)8-4-2-1-3-7(8)9/h2*1-6H,(H,13,14)(H,15,16). The van der Waals surface area contributed by atoms with E-state index in [1.807, 2.05) is 0 Å². The second-order valence-electron chi connectivity index (χ2n) is 6.67. The fourth-order valence-corrected chi connectivity index (χ4v) is 3.28. The lowest BCUT2D eigenvalue weighted by Crippen LogP contribution is -2.03. The third-order valence-electron chi connectivity index (χ3n) is 4.72. The zero-order valence-corrected chi connectivity index (χ0v) is 16.4. The highest BCUT2D eigenvalue weighted by molar-refractivity contribution is 6.11. The highest BCUT2D eigenvalue weighted by Gasteiger charge is 2.14. The molecule has 0 aliphatic heterocycles. The Morgan fingerprint density at radius 1 is 0.469 bits per heavy atom. The predicted octanol–water partition coefficient (Wildman–Crippen LogP) is 4.47. The van der Waals surface area contributed by atoms with Crippen molar-refractivity contribution >= 4 is 45.4 Å². The third kappa shape index (κ3) is 4.39. The van der Waals surface area contributed by atoms with Crippen LogP contribution in [0.1, 0.15) is 41.4 Å². The monoisotopic (exact) mass is 432 g/mol. The van der Waals surface area contributed by atoms with Gasteiger partial charge >= 0.3 is 23.9 Å². The van der Waals surface area contributed by atoms with Crippen molar-refractivity contribution in [2.45, 2.75) is 0 Å². The molecule has 0 saturated carbocycles. The van der Waals surface area contributed by atoms with E-state index in [9.17, 15) is 19.2 Å². The number of carbonyl (C=O) groups is 4. The second-order valence-corrected chi connectivity index (χ2v) is 6.67. The Bertz CT molecular complexity index is 1340. The lowest BCUT2D eigenvalue weighted by molar-refractivity contribution is 0.0683. The Labute approximate surface area is 180 Å². The lowest BCUT2D eigenvalue weighted by atomic mass is 10.00. The SMILES string of the molecule is O=C(O)c1cc(C(=O)O)c2ccccc2c1.O=C(O)c1ccc(C(=O)O)c2ccccc12. The normalized spacial score (nSPS) is 10.2. The molecule has 0 aliphatic rings. The Balaban J connectivity index is 0.000000181. The minimum atomic E-state index is -1.13. The van der Waals surface area contributed by atoms with Gasteiger partial charge in [-0.2, -0.15) is 0 Å². The molecule has 0 aliphatic carbocycles. The molecule has 4 N–H and O–H groups in total. The number of hydrogen-bond acceptors (Lipinski definition) is 4. The molecule has 0 aromatic heterocycles. The first kappa shape index (κ1) is 22.0. The van der Waals surface area contributed by atoms with Crippen molar-refractivity contribution in [1.29, 1.82) is 0 Å². The fourth-order valence-electron chi connectivity index (χ4n) is 3.28. The van der Waals surface area contributed by atoms with Crippen LogP contribution in [0.15, 0.2) is 72.8 Å². The average Bonchev–Trinajstić information content (AvgIpc) is 2.77. The maximum absolute atomic E-state index is 11.0. The number of carboxylic acids is 4. The summed E-state index contributed by atoms with van der Waals surface area (Å²) < 4.78 is 0. The number of carboxylic acid groups (broad SMARTS) is 4. The van der Waals surface area contributed by atoms with Crippen molar-refractivity contribution in [1.82, 2.24) is 0 Å². The summed E-state index contributed by atoms with van der Waals surface area (Å²) >= 11 is 0. The highest BCUT2D eigenvalue weighted by atomic mass is 16.4. The molecule has 160 valence electrons. The summed E-state index contributed by atoms with van der Waals surface area (Å²) in [6.07, 6.45) is 0. The van der Waals surface area contributed by atoms with Crippen LogP contribution in [0.5, 0.6) is 0 Å². The van der Waals surface area contributed by atoms with E-state index in [0.717, 1.165) is 0 Å². The van der Waals surface area contributed by atoms with Gasteiger partial charge in [-0.1, -0.05) is 48.5 Å². The summed E-state index contributed by atoms with van der Waals surface area (Å²) in [6.45, 7) is 0. The van der Waals surface area contributed by atoms with Gasteiger partial charge in [-0.15, -0.1) is 0 Å². The van der Waals surface area contributed by atoms with Crippen molar-refractivity contribution in [3.63, 3.8) is 0 Å². The van der Waals surface area contributed by atoms with Crippen molar-refractivity contribution in [3.8, 4) is 0 Å². The first-order valence-corrected chi connectivity index (χ1v) is 9.18. The predicted molar refractivity (Wildman–Crippen MR) is 116 cm³/mol. The summed E-state index contributed by atoms with van der Waals surface area (Å²) in [5.74, 6) is -4.38. The summed E-state index contributed by atoms with van der Waals surface area (Å²) in [6, 6.07) is 18.6. The van der Waals surface area contributed by atoms with Gasteiger partial charge in [-0.05, 0) is 45.8 Å². The molecule has 0 unspecified atom stereocenters. The molecule has 4 aromatic carbocycles. The van der Waals surface area contributed by atoms with Crippen LogP contribution in [-0.4, -0.2) is 44.3 Å². The largest absolute Gasteiger partial charge is 0.478 e. The number of aromatic carboxylic acids is 4. The van der Waals surface area contributed by atoms with Gasteiger partial charge in [-0.25, -0.2) is 19.2 Å². The first-order chi connectivity index (χ1) is 15.2. The van der Waals surface area contributed by atoms with E-state index in [1.54, 1.807) is 48.5 Å². The molecule has 0 saturated heterocycles. The molecule has 4 rings (SSSR count). The van der Waals surface area contributed by atoms with E-state index >= 15 is 0 Å². The number of rotatable bonds is 4. The Kier molecular flexibility index (Phi) is 6.16. The van der Waals surface area contributed by atoms with Crippen LogP contribution in [-0.2, 0) is 0 Å². The van der Waals surface area contributed by atoms with Crippen LogP contribution in [0.4, 0.5) is 0 Å². The molecule has 0 bridgehead atoms. The molecule has 0 heterocycles. The van der Waals surface area contributed by atoms with E-state index in [-0.39, 0.29) is 22.3 Å². The van der Waals surface area contributed by atoms with Gasteiger partial charge in [0.25, 0.3) is 0 Å². The molecule has 32 heavy (non-hydrogen) atoms. The van der Waals surface area contributed by atoms with Crippen molar-refractivity contribution in [3.05, 3.63) is 95.1 Å². The van der Waals surface area contributed by atoms with Gasteiger partial charge in [0.2, 0.25) is 0 Å². The zero-order valence-electron chi connectivity index (χ0n) is 16.4. The van der Waals surface area contributed by atoms with Gasteiger partial charge in [-0.3, -0.25) is 0 Å². The quantitative estimate of drug-likeness (QED) is 0.369. The van der Waals surface area contributed by atoms with Crippen LogP contribution in [0, 0.1) is 0 Å². The van der Waals surface area contributed by atoms with Gasteiger partial charge < -0.3 is 20.4 Å². The number of benzene rings is 4. The summed E-state index contributed by atoms with van der Waals surface area (Å²) in [5, 5.41) is 37.8. The van der Waals surface area contributed by atoms with E-state index < -0.39 is 23.9 Å². The minimum Gasteiger partial charge on any atom is -0.478 e. The van der Waals surface area contributed by atoms with Crippen LogP contribution in [0.3, 0.4) is 0 Å². The Hall–Kier alpha value is -4.72. The molecule has 8 heteroatoms. The van der Waals surface area contributed by atoms with E-state index in [2.05, 4.69) is 0 Å². The maximum Gasteiger partial charge on any atom is 0.336 e. The number of hydrogen-bond donors (Lipinski definition) is 4. The zero-order chi connectivity index (χ0) is 23.4. The number of fused-ring (bicyclic) bond motifs is 2. The summed E-state index contributed by atoms with van der Waals surface area (Å²) in [7, 11) is 0. The molecule has 0 atom stereocenters. The van der Waals surface area contributed by atoms with Gasteiger partial charge in [0.1, 0.15) is 0 Å². The Morgan fingerprint density at radius 3 is 1.34 bits per heavy atom. The molecule has 0 radical (unpaired) electrons. The minimum absolute atomic E-state index is 0.00972. The summed E-state index contributed by atoms with van der Waals surface area (Å²) in [4.78, 5) is 43.7. The second kappa shape index (κ2) is 8.97. The van der Waals surface area contributed by atoms with E-state index in [0.29, 0.717) is 21.5 Å². The molecule has 0 spiro atoms. The van der Waals surface area contributed by atoms with Gasteiger partial charge in [0, 0.05) is 0 Å². The van der Waals surface area contributed by atoms with Crippen molar-refractivity contribution in [2.24, 2.45) is 0 Å². The fraction of sp³-hybridized carbons (Fsp3) is 0. The highest BCUT2D eigenvalue weighted by Crippen LogP contribution is 2.23. The van der Waals surface area contributed by atoms with Crippen molar-refractivity contribution < 1.29 is 39.6 Å². The maximum atomic E-state index is 11.0. The van der Waals surface area contributed by atoms with E-state index in [1.165, 1.54) is 24.3 Å². The van der Waals surface area contributed by atoms with Crippen LogP contribution in [0.25, 0.3) is 21.5 Å². The van der Waals surface area contributed by atoms with Crippen LogP contribution >= 0.6 is 0 Å². The van der Waals surface area contributed by atoms with Crippen molar-refractivity contribution in [2.75, 3.05) is 0 Å². The smallest absolute Gasteiger partial charge is 0.336 e. The molecule has 4 aromatic rings. The topological polar surface area (TPSA) is 149 Å². The third-order valence-corrected chi connectivity index (χ3v) is 4.72. The summed E-state index contributed by atoms with van der Waals surface area (Å²) in [5.41, 5.74) is 0.216. The molecule has 8 nitrogen and oxygen atoms in total. The van der Waals surface area contributed by atoms with Crippen LogP contribution < -0.4 is 0 Å². The molecule has 0 amide bonds. The van der Waals surface area contributed by atoms with Gasteiger partial charge in [0.05, 0.1) is 22.3 Å². The molecular weight excluding hydrogens is 416 g/mol. The van der Waals surface area contributed by atoms with Crippen LogP contribution in [0.2, 0.25) is 0 Å². The molecule has 0 fully saturated rings. The lowest BCUT2D eigenvalue weighted by Gasteiger charge is -2.05. The van der Waals surface area contributed by atoms with Gasteiger partial charge in [0.15, 0.2) is 0 Å².